The van der Waals surface area contributed by atoms with Crippen molar-refractivity contribution in [3.8, 4) is 11.5 Å². The Labute approximate surface area is 219 Å². The van der Waals surface area contributed by atoms with E-state index in [2.05, 4.69) is 11.9 Å². The third kappa shape index (κ3) is 5.39. The summed E-state index contributed by atoms with van der Waals surface area (Å²) in [5.74, 6) is 1.65. The van der Waals surface area contributed by atoms with Crippen LogP contribution < -0.4 is 20.3 Å². The van der Waals surface area contributed by atoms with E-state index in [1.165, 1.54) is 11.8 Å². The van der Waals surface area contributed by atoms with Gasteiger partial charge in [0.2, 0.25) is 6.79 Å². The Morgan fingerprint density at radius 3 is 2.43 bits per heavy atom. The van der Waals surface area contributed by atoms with Crippen LogP contribution in [0, 0.1) is 0 Å². The van der Waals surface area contributed by atoms with Crippen LogP contribution in [0.4, 0.5) is 0 Å². The number of benzene rings is 3. The lowest BCUT2D eigenvalue weighted by Gasteiger charge is -2.14. The van der Waals surface area contributed by atoms with Crippen molar-refractivity contribution in [2.45, 2.75) is 37.3 Å². The Balaban J connectivity index is 1.49. The molecule has 7 nitrogen and oxygen atoms in total. The van der Waals surface area contributed by atoms with Crippen LogP contribution in [0.15, 0.2) is 77.2 Å². The van der Waals surface area contributed by atoms with Crippen LogP contribution in [0.3, 0.4) is 0 Å². The molecule has 37 heavy (non-hydrogen) atoms. The summed E-state index contributed by atoms with van der Waals surface area (Å²) >= 11 is 1.50. The number of carbonyl (C=O) groups excluding carboxylic acids is 1. The second-order valence-corrected chi connectivity index (χ2v) is 10.0. The van der Waals surface area contributed by atoms with Crippen LogP contribution in [-0.4, -0.2) is 28.3 Å². The number of amides is 1. The molecule has 1 aliphatic rings. The number of nitrogens with one attached hydrogen (secondary N) is 1. The number of rotatable bonds is 8. The van der Waals surface area contributed by atoms with Gasteiger partial charge in [-0.1, -0.05) is 60.8 Å². The summed E-state index contributed by atoms with van der Waals surface area (Å²) in [6.45, 7) is 8.09. The number of hydrogen-bond donors (Lipinski definition) is 1. The number of fused-ring (bicyclic) bond motifs is 2. The molecule has 1 amide bonds. The first-order chi connectivity index (χ1) is 17.9. The van der Waals surface area contributed by atoms with Crippen LogP contribution in [0.5, 0.6) is 11.5 Å². The molecule has 4 aromatic rings. The molecule has 0 aliphatic carbocycles. The molecule has 0 atom stereocenters. The average Bonchev–Trinajstić information content (AvgIpc) is 3.36. The fourth-order valence-corrected chi connectivity index (χ4v) is 4.98. The van der Waals surface area contributed by atoms with Crippen LogP contribution in [0.2, 0.25) is 0 Å². The van der Waals surface area contributed by atoms with Gasteiger partial charge in [0.05, 0.1) is 17.4 Å². The lowest BCUT2D eigenvalue weighted by atomic mass is 10.1. The Morgan fingerprint density at radius 1 is 1.08 bits per heavy atom. The second-order valence-electron chi connectivity index (χ2n) is 9.07. The summed E-state index contributed by atoms with van der Waals surface area (Å²) in [4.78, 5) is 30.9. The fourth-order valence-electron chi connectivity index (χ4n) is 4.03. The lowest BCUT2D eigenvalue weighted by molar-refractivity contribution is 0.0943. The highest BCUT2D eigenvalue weighted by Gasteiger charge is 2.19. The standard InChI is InChI=1S/C29H27N3O4S/c1-4-19-5-7-21(8-6-19)16-37-29-31-24-14-26-25(35-17-36-26)13-23(24)28(34)32(29)15-20-9-11-22(12-10-20)27(33)30-18(2)3/h4-14,18H,1,15-17H2,2-3H3,(H,30,33). The predicted molar refractivity (Wildman–Crippen MR) is 146 cm³/mol. The van der Waals surface area contributed by atoms with Gasteiger partial charge < -0.3 is 14.8 Å². The smallest absolute Gasteiger partial charge is 0.262 e. The van der Waals surface area contributed by atoms with E-state index in [0.717, 1.165) is 16.7 Å². The maximum atomic E-state index is 13.7. The van der Waals surface area contributed by atoms with Crippen molar-refractivity contribution >= 4 is 34.6 Å². The predicted octanol–water partition coefficient (Wildman–Crippen LogP) is 5.25. The molecule has 2 heterocycles. The van der Waals surface area contributed by atoms with Gasteiger partial charge in [-0.3, -0.25) is 14.2 Å². The zero-order valence-electron chi connectivity index (χ0n) is 20.7. The second kappa shape index (κ2) is 10.5. The van der Waals surface area contributed by atoms with Crippen molar-refractivity contribution in [3.05, 3.63) is 99.9 Å². The molecule has 0 saturated carbocycles. The number of carbonyl (C=O) groups is 1. The molecule has 0 fully saturated rings. The molecule has 0 saturated heterocycles. The van der Waals surface area contributed by atoms with E-state index in [1.54, 1.807) is 34.9 Å². The van der Waals surface area contributed by atoms with Gasteiger partial charge in [0.1, 0.15) is 0 Å². The van der Waals surface area contributed by atoms with Crippen molar-refractivity contribution in [2.24, 2.45) is 0 Å². The van der Waals surface area contributed by atoms with Crippen LogP contribution in [0.25, 0.3) is 17.0 Å². The molecule has 1 aromatic heterocycles. The summed E-state index contributed by atoms with van der Waals surface area (Å²) in [6.07, 6.45) is 1.81. The van der Waals surface area contributed by atoms with Gasteiger partial charge in [0.15, 0.2) is 16.7 Å². The Kier molecular flexibility index (Phi) is 7.01. The SMILES string of the molecule is C=Cc1ccc(CSc2nc3cc4c(cc3c(=O)n2Cc2ccc(C(=O)NC(C)C)cc2)OCO4)cc1. The first kappa shape index (κ1) is 24.6. The lowest BCUT2D eigenvalue weighted by Crippen LogP contribution is -2.30. The van der Waals surface area contributed by atoms with E-state index >= 15 is 0 Å². The molecule has 0 radical (unpaired) electrons. The monoisotopic (exact) mass is 513 g/mol. The summed E-state index contributed by atoms with van der Waals surface area (Å²) < 4.78 is 12.7. The van der Waals surface area contributed by atoms with Crippen LogP contribution in [0.1, 0.15) is 40.9 Å². The molecule has 3 aromatic carbocycles. The molecular weight excluding hydrogens is 486 g/mol. The van der Waals surface area contributed by atoms with E-state index in [4.69, 9.17) is 14.5 Å². The molecule has 0 spiro atoms. The number of thioether (sulfide) groups is 1. The highest BCUT2D eigenvalue weighted by molar-refractivity contribution is 7.98. The van der Waals surface area contributed by atoms with Gasteiger partial charge in [0, 0.05) is 23.4 Å². The molecule has 188 valence electrons. The van der Waals surface area contributed by atoms with Gasteiger partial charge in [0.25, 0.3) is 11.5 Å². The summed E-state index contributed by atoms with van der Waals surface area (Å²) in [5, 5.41) is 3.96. The molecule has 8 heteroatoms. The third-order valence-corrected chi connectivity index (χ3v) is 7.02. The molecule has 1 aliphatic heterocycles. The van der Waals surface area contributed by atoms with Crippen LogP contribution in [-0.2, 0) is 12.3 Å². The Hall–Kier alpha value is -4.04. The zero-order valence-corrected chi connectivity index (χ0v) is 21.5. The van der Waals surface area contributed by atoms with E-state index in [0.29, 0.717) is 45.4 Å². The average molecular weight is 514 g/mol. The van der Waals surface area contributed by atoms with Crippen molar-refractivity contribution in [1.82, 2.24) is 14.9 Å². The van der Waals surface area contributed by atoms with E-state index in [9.17, 15) is 9.59 Å². The van der Waals surface area contributed by atoms with Crippen molar-refractivity contribution in [3.63, 3.8) is 0 Å². The normalized spacial score (nSPS) is 12.2. The molecule has 0 unspecified atom stereocenters. The van der Waals surface area contributed by atoms with E-state index < -0.39 is 0 Å². The minimum Gasteiger partial charge on any atom is -0.454 e. The topological polar surface area (TPSA) is 82.5 Å². The van der Waals surface area contributed by atoms with Crippen LogP contribution >= 0.6 is 11.8 Å². The van der Waals surface area contributed by atoms with Crippen molar-refractivity contribution in [1.29, 1.82) is 0 Å². The summed E-state index contributed by atoms with van der Waals surface area (Å²) in [7, 11) is 0. The zero-order chi connectivity index (χ0) is 25.9. The first-order valence-electron chi connectivity index (χ1n) is 12.0. The highest BCUT2D eigenvalue weighted by atomic mass is 32.2. The summed E-state index contributed by atoms with van der Waals surface area (Å²) in [6, 6.07) is 18.9. The molecule has 1 N–H and O–H groups in total. The quantitative estimate of drug-likeness (QED) is 0.256. The number of nitrogens with zero attached hydrogens (tertiary/aromatic N) is 2. The van der Waals surface area contributed by atoms with Crippen molar-refractivity contribution in [2.75, 3.05) is 6.79 Å². The largest absolute Gasteiger partial charge is 0.454 e. The van der Waals surface area contributed by atoms with Gasteiger partial charge >= 0.3 is 0 Å². The maximum Gasteiger partial charge on any atom is 0.262 e. The number of hydrogen-bond acceptors (Lipinski definition) is 6. The Bertz CT molecular complexity index is 1530. The van der Waals surface area contributed by atoms with E-state index in [1.807, 2.05) is 50.2 Å². The minimum absolute atomic E-state index is 0.0535. The van der Waals surface area contributed by atoms with Gasteiger partial charge in [-0.05, 0) is 48.7 Å². The minimum atomic E-state index is -0.158. The Morgan fingerprint density at radius 2 is 1.76 bits per heavy atom. The fraction of sp³-hybridized carbons (Fsp3) is 0.207. The number of aromatic nitrogens is 2. The summed E-state index contributed by atoms with van der Waals surface area (Å²) in [5.41, 5.74) is 4.04. The molecular formula is C29H27N3O4S. The maximum absolute atomic E-state index is 13.7. The van der Waals surface area contributed by atoms with Gasteiger partial charge in [-0.15, -0.1) is 0 Å². The molecule has 0 bridgehead atoms. The van der Waals surface area contributed by atoms with Crippen molar-refractivity contribution < 1.29 is 14.3 Å². The number of ether oxygens (including phenoxy) is 2. The van der Waals surface area contributed by atoms with Gasteiger partial charge in [-0.2, -0.15) is 0 Å². The first-order valence-corrected chi connectivity index (χ1v) is 13.0. The highest BCUT2D eigenvalue weighted by Crippen LogP contribution is 2.35. The van der Waals surface area contributed by atoms with Gasteiger partial charge in [-0.25, -0.2) is 4.98 Å². The third-order valence-electron chi connectivity index (χ3n) is 5.97. The molecule has 5 rings (SSSR count). The van der Waals surface area contributed by atoms with E-state index in [-0.39, 0.29) is 24.3 Å².